The van der Waals surface area contributed by atoms with Crippen LogP contribution in [0.5, 0.6) is 0 Å². The van der Waals surface area contributed by atoms with Crippen LogP contribution >= 0.6 is 0 Å². The van der Waals surface area contributed by atoms with Crippen molar-refractivity contribution < 1.29 is 14.0 Å². The fourth-order valence-corrected chi connectivity index (χ4v) is 8.23. The summed E-state index contributed by atoms with van der Waals surface area (Å²) < 4.78 is 69.4. The van der Waals surface area contributed by atoms with Gasteiger partial charge in [-0.15, -0.1) is 0 Å². The molecule has 0 amide bonds. The van der Waals surface area contributed by atoms with Gasteiger partial charge in [0.15, 0.2) is 5.82 Å². The van der Waals surface area contributed by atoms with Crippen LogP contribution in [0, 0.1) is 0 Å². The van der Waals surface area contributed by atoms with Crippen LogP contribution in [0.15, 0.2) is 114 Å². The van der Waals surface area contributed by atoms with Crippen LogP contribution in [0.25, 0.3) is 61.1 Å². The Labute approximate surface area is 281 Å². The summed E-state index contributed by atoms with van der Waals surface area (Å²) in [5, 5.41) is 2.06. The number of hydrogen-bond donors (Lipinski definition) is 0. The van der Waals surface area contributed by atoms with Gasteiger partial charge in [0.05, 0.1) is 38.1 Å². The van der Waals surface area contributed by atoms with Crippen molar-refractivity contribution >= 4 is 55.4 Å². The fraction of sp³-hybridized carbons (Fsp3) is 0.200. The lowest BCUT2D eigenvalue weighted by molar-refractivity contribution is 0.193. The lowest BCUT2D eigenvalue weighted by Gasteiger charge is -2.49. The summed E-state index contributed by atoms with van der Waals surface area (Å²) in [5.74, 6) is 0.575. The average Bonchev–Trinajstić information content (AvgIpc) is 3.80. The lowest BCUT2D eigenvalue weighted by Crippen LogP contribution is -2.55. The Morgan fingerprint density at radius 3 is 2.30 bits per heavy atom. The Balaban J connectivity index is 1.37. The Morgan fingerprint density at radius 2 is 1.47 bits per heavy atom. The molecule has 7 nitrogen and oxygen atoms in total. The van der Waals surface area contributed by atoms with Crippen LogP contribution in [0.1, 0.15) is 54.7 Å². The Hall–Kier alpha value is -5.56. The molecule has 2 unspecified atom stereocenters. The van der Waals surface area contributed by atoms with Crippen molar-refractivity contribution in [3.63, 3.8) is 0 Å². The SMILES string of the molecule is [2H]c1c([2H])c([2H])c2c(oc3c([2H])c([2H])c([2H])c(-c4nc(N5c6cnccc6C6(C)CCCCC56C)nc(-n5c6ccccc6c6ccccc65)n4)c32)c1[2H]. The first-order chi connectivity index (χ1) is 26.0. The van der Waals surface area contributed by atoms with Crippen LogP contribution in [0.4, 0.5) is 11.6 Å². The van der Waals surface area contributed by atoms with Gasteiger partial charge in [-0.05, 0) is 55.6 Å². The molecule has 0 N–H and O–H groups in total. The summed E-state index contributed by atoms with van der Waals surface area (Å²) in [7, 11) is 0. The van der Waals surface area contributed by atoms with Gasteiger partial charge in [-0.1, -0.05) is 86.4 Å². The minimum atomic E-state index is -0.488. The van der Waals surface area contributed by atoms with Crippen molar-refractivity contribution in [3.05, 3.63) is 115 Å². The smallest absolute Gasteiger partial charge is 0.240 e. The molecule has 0 spiro atoms. The minimum absolute atomic E-state index is 0.00379. The van der Waals surface area contributed by atoms with Gasteiger partial charge in [-0.25, -0.2) is 0 Å². The second-order valence-corrected chi connectivity index (χ2v) is 12.9. The zero-order chi connectivity index (χ0) is 37.4. The number of pyridine rings is 1. The van der Waals surface area contributed by atoms with Gasteiger partial charge in [0.2, 0.25) is 11.9 Å². The Kier molecular flexibility index (Phi) is 4.15. The van der Waals surface area contributed by atoms with E-state index < -0.39 is 35.8 Å². The monoisotopic (exact) mass is 619 g/mol. The third-order valence-electron chi connectivity index (χ3n) is 10.7. The minimum Gasteiger partial charge on any atom is -0.456 e. The number of para-hydroxylation sites is 3. The molecular weight excluding hydrogens is 580 g/mol. The topological polar surface area (TPSA) is 72.9 Å². The number of anilines is 2. The van der Waals surface area contributed by atoms with Gasteiger partial charge >= 0.3 is 0 Å². The van der Waals surface area contributed by atoms with E-state index in [1.54, 1.807) is 0 Å². The first-order valence-corrected chi connectivity index (χ1v) is 15.9. The van der Waals surface area contributed by atoms with Gasteiger partial charge < -0.3 is 9.32 Å². The molecular formula is C40H32N6O. The quantitative estimate of drug-likeness (QED) is 0.196. The molecule has 4 aromatic heterocycles. The predicted molar refractivity (Wildman–Crippen MR) is 187 cm³/mol. The van der Waals surface area contributed by atoms with Crippen molar-refractivity contribution in [2.45, 2.75) is 50.5 Å². The second-order valence-electron chi connectivity index (χ2n) is 12.9. The maximum atomic E-state index is 9.34. The summed E-state index contributed by atoms with van der Waals surface area (Å²) >= 11 is 0. The van der Waals surface area contributed by atoms with E-state index in [1.807, 2.05) is 65.5 Å². The highest BCUT2D eigenvalue weighted by Gasteiger charge is 2.58. The molecule has 47 heavy (non-hydrogen) atoms. The van der Waals surface area contributed by atoms with E-state index in [0.29, 0.717) is 5.95 Å². The second kappa shape index (κ2) is 9.48. The highest BCUT2D eigenvalue weighted by Crippen LogP contribution is 2.60. The molecule has 2 atom stereocenters. The maximum absolute atomic E-state index is 9.34. The van der Waals surface area contributed by atoms with Gasteiger partial charge in [0.1, 0.15) is 11.2 Å². The largest absolute Gasteiger partial charge is 0.456 e. The van der Waals surface area contributed by atoms with Gasteiger partial charge in [0.25, 0.3) is 0 Å². The van der Waals surface area contributed by atoms with E-state index in [4.69, 9.17) is 27.6 Å². The Bertz CT molecular complexity index is 2890. The summed E-state index contributed by atoms with van der Waals surface area (Å²) in [5.41, 5.74) is 2.68. The van der Waals surface area contributed by atoms with Crippen molar-refractivity contribution in [1.82, 2.24) is 24.5 Å². The van der Waals surface area contributed by atoms with E-state index in [2.05, 4.69) is 29.8 Å². The van der Waals surface area contributed by atoms with Crippen LogP contribution in [0.2, 0.25) is 0 Å². The zero-order valence-electron chi connectivity index (χ0n) is 32.8. The highest BCUT2D eigenvalue weighted by atomic mass is 16.3. The molecule has 1 fully saturated rings. The van der Waals surface area contributed by atoms with Crippen LogP contribution in [0.3, 0.4) is 0 Å². The maximum Gasteiger partial charge on any atom is 0.240 e. The zero-order valence-corrected chi connectivity index (χ0v) is 25.8. The molecule has 0 radical (unpaired) electrons. The lowest BCUT2D eigenvalue weighted by atomic mass is 9.62. The van der Waals surface area contributed by atoms with Crippen molar-refractivity contribution in [3.8, 4) is 17.3 Å². The fourth-order valence-electron chi connectivity index (χ4n) is 8.23. The first-order valence-electron chi connectivity index (χ1n) is 19.4. The summed E-state index contributed by atoms with van der Waals surface area (Å²) in [4.78, 5) is 22.2. The van der Waals surface area contributed by atoms with Gasteiger partial charge in [-0.3, -0.25) is 9.55 Å². The molecule has 7 heteroatoms. The van der Waals surface area contributed by atoms with Crippen LogP contribution in [-0.2, 0) is 5.41 Å². The average molecular weight is 620 g/mol. The molecule has 0 bridgehead atoms. The number of rotatable bonds is 3. The highest BCUT2D eigenvalue weighted by molar-refractivity contribution is 6.12. The third-order valence-corrected chi connectivity index (χ3v) is 10.7. The molecule has 5 heterocycles. The summed E-state index contributed by atoms with van der Waals surface area (Å²) in [6.07, 6.45) is 7.54. The molecule has 0 saturated heterocycles. The van der Waals surface area contributed by atoms with E-state index >= 15 is 0 Å². The molecule has 1 aliphatic heterocycles. The molecule has 4 aromatic carbocycles. The van der Waals surface area contributed by atoms with Gasteiger partial charge in [0, 0.05) is 38.7 Å². The number of hydrogen-bond acceptors (Lipinski definition) is 6. The summed E-state index contributed by atoms with van der Waals surface area (Å²) in [6, 6.07) is 15.0. The molecule has 1 saturated carbocycles. The van der Waals surface area contributed by atoms with Crippen molar-refractivity contribution in [1.29, 1.82) is 0 Å². The number of furan rings is 1. The number of nitrogens with zero attached hydrogens (tertiary/aromatic N) is 6. The number of aromatic nitrogens is 5. The summed E-state index contributed by atoms with van der Waals surface area (Å²) in [6.45, 7) is 4.52. The number of benzene rings is 4. The first kappa shape index (κ1) is 20.5. The van der Waals surface area contributed by atoms with E-state index in [9.17, 15) is 1.37 Å². The predicted octanol–water partition coefficient (Wildman–Crippen LogP) is 9.67. The van der Waals surface area contributed by atoms with Crippen molar-refractivity contribution in [2.24, 2.45) is 0 Å². The molecule has 10 rings (SSSR count). The van der Waals surface area contributed by atoms with Crippen molar-refractivity contribution in [2.75, 3.05) is 4.90 Å². The van der Waals surface area contributed by atoms with E-state index in [1.165, 1.54) is 0 Å². The molecule has 8 aromatic rings. The van der Waals surface area contributed by atoms with E-state index in [0.717, 1.165) is 58.7 Å². The molecule has 2 aliphatic rings. The van der Waals surface area contributed by atoms with Gasteiger partial charge in [-0.2, -0.15) is 15.0 Å². The standard InChI is InChI=1S/C40H32N6O/c1-39-21-9-10-22-40(39,2)46(32-24-41-23-20-29(32)39)38-43-36(28-15-11-19-34-35(28)27-14-5-8-18-33(27)47-34)42-37(44-38)45-30-16-6-3-12-25(30)26-13-4-7-17-31(26)45/h3-8,11-20,23-24H,9-10,21-22H2,1-2H3/i5D,8D,11D,14D,15D,18D,19D. The third kappa shape index (κ3) is 3.51. The number of fused-ring (bicyclic) bond motifs is 9. The van der Waals surface area contributed by atoms with E-state index in [-0.39, 0.29) is 56.8 Å². The van der Waals surface area contributed by atoms with Crippen LogP contribution in [-0.4, -0.2) is 30.0 Å². The normalized spacial score (nSPS) is 22.9. The van der Waals surface area contributed by atoms with Crippen LogP contribution < -0.4 is 4.90 Å². The molecule has 228 valence electrons. The Morgan fingerprint density at radius 1 is 0.745 bits per heavy atom. The molecule has 1 aliphatic carbocycles.